The van der Waals surface area contributed by atoms with Crippen molar-refractivity contribution < 1.29 is 13.2 Å². The average molecular weight is 297 g/mol. The topological polar surface area (TPSA) is 26.0 Å². The van der Waals surface area contributed by atoms with Gasteiger partial charge in [0.2, 0.25) is 0 Å². The lowest BCUT2D eigenvalue weighted by Crippen LogP contribution is -2.17. The zero-order valence-electron chi connectivity index (χ0n) is 10.7. The van der Waals surface area contributed by atoms with Crippen LogP contribution in [-0.2, 0) is 19.0 Å². The molecule has 1 heterocycles. The predicted octanol–water partition coefficient (Wildman–Crippen LogP) is 4.30. The molecule has 1 unspecified atom stereocenters. The van der Waals surface area contributed by atoms with Gasteiger partial charge < -0.3 is 5.73 Å². The van der Waals surface area contributed by atoms with Crippen molar-refractivity contribution in [2.24, 2.45) is 5.73 Å². The maximum atomic E-state index is 13.0. The van der Waals surface area contributed by atoms with Gasteiger partial charge in [0, 0.05) is 9.75 Å². The zero-order valence-corrected chi connectivity index (χ0v) is 11.5. The van der Waals surface area contributed by atoms with Crippen LogP contribution in [0.3, 0.4) is 0 Å². The Bertz CT molecular complexity index is 609. The summed E-state index contributed by atoms with van der Waals surface area (Å²) in [7, 11) is 0. The number of halogens is 3. The van der Waals surface area contributed by atoms with Gasteiger partial charge in [0.15, 0.2) is 0 Å². The highest BCUT2D eigenvalue weighted by Crippen LogP contribution is 2.39. The Morgan fingerprint density at radius 3 is 2.60 bits per heavy atom. The number of thiophene rings is 1. The lowest BCUT2D eigenvalue weighted by Gasteiger charge is -2.17. The molecule has 5 heteroatoms. The molecular weight excluding hydrogens is 283 g/mol. The number of benzene rings is 1. The molecule has 1 nitrogen and oxygen atoms in total. The normalized spacial score (nSPS) is 16.2. The molecule has 20 heavy (non-hydrogen) atoms. The molecule has 1 atom stereocenters. The molecule has 0 fully saturated rings. The molecule has 0 spiro atoms. The molecule has 0 bridgehead atoms. The third-order valence-corrected chi connectivity index (χ3v) is 4.99. The Kier molecular flexibility index (Phi) is 3.34. The Hall–Kier alpha value is -1.33. The van der Waals surface area contributed by atoms with Gasteiger partial charge in [0.25, 0.3) is 0 Å². The van der Waals surface area contributed by atoms with Gasteiger partial charge >= 0.3 is 6.18 Å². The summed E-state index contributed by atoms with van der Waals surface area (Å²) in [6.07, 6.45) is -1.20. The van der Waals surface area contributed by atoms with E-state index in [0.717, 1.165) is 30.2 Å². The molecule has 0 saturated heterocycles. The van der Waals surface area contributed by atoms with E-state index < -0.39 is 17.8 Å². The summed E-state index contributed by atoms with van der Waals surface area (Å²) < 4.78 is 39.1. The molecule has 3 rings (SSSR count). The summed E-state index contributed by atoms with van der Waals surface area (Å²) in [4.78, 5) is 2.10. The highest BCUT2D eigenvalue weighted by molar-refractivity contribution is 7.12. The van der Waals surface area contributed by atoms with Crippen LogP contribution in [0, 0.1) is 0 Å². The standard InChI is InChI=1S/C15H14F3NS/c16-15(17,18)11-6-2-1-5-10(11)14(19)13-8-9-4-3-7-12(9)20-13/h1-2,5-6,8,14H,3-4,7,19H2. The van der Waals surface area contributed by atoms with Crippen LogP contribution in [0.5, 0.6) is 0 Å². The SMILES string of the molecule is NC(c1cc2c(s1)CCC2)c1ccccc1C(F)(F)F. The molecule has 2 N–H and O–H groups in total. The van der Waals surface area contributed by atoms with E-state index in [1.54, 1.807) is 17.4 Å². The van der Waals surface area contributed by atoms with Crippen molar-refractivity contribution in [3.8, 4) is 0 Å². The lowest BCUT2D eigenvalue weighted by atomic mass is 9.99. The van der Waals surface area contributed by atoms with E-state index in [9.17, 15) is 13.2 Å². The number of fused-ring (bicyclic) bond motifs is 1. The van der Waals surface area contributed by atoms with E-state index in [2.05, 4.69) is 0 Å². The minimum atomic E-state index is -4.37. The number of rotatable bonds is 2. The quantitative estimate of drug-likeness (QED) is 0.878. The summed E-state index contributed by atoms with van der Waals surface area (Å²) in [5.74, 6) is 0. The highest BCUT2D eigenvalue weighted by atomic mass is 32.1. The summed E-state index contributed by atoms with van der Waals surface area (Å²) >= 11 is 1.55. The summed E-state index contributed by atoms with van der Waals surface area (Å²) in [5, 5.41) is 0. The lowest BCUT2D eigenvalue weighted by molar-refractivity contribution is -0.138. The molecule has 1 aromatic carbocycles. The largest absolute Gasteiger partial charge is 0.416 e. The Labute approximate surface area is 119 Å². The average Bonchev–Trinajstić information content (AvgIpc) is 2.97. The van der Waals surface area contributed by atoms with Crippen molar-refractivity contribution in [2.45, 2.75) is 31.5 Å². The van der Waals surface area contributed by atoms with Gasteiger partial charge in [-0.25, -0.2) is 0 Å². The van der Waals surface area contributed by atoms with E-state index in [4.69, 9.17) is 5.73 Å². The van der Waals surface area contributed by atoms with E-state index in [1.807, 2.05) is 6.07 Å². The third kappa shape index (κ3) is 2.36. The first kappa shape index (κ1) is 13.6. The number of alkyl halides is 3. The second-order valence-corrected chi connectivity index (χ2v) is 6.18. The Morgan fingerprint density at radius 1 is 1.15 bits per heavy atom. The van der Waals surface area contributed by atoms with E-state index in [1.165, 1.54) is 22.6 Å². The molecule has 1 aliphatic rings. The number of nitrogens with two attached hydrogens (primary N) is 1. The maximum absolute atomic E-state index is 13.0. The van der Waals surface area contributed by atoms with E-state index in [-0.39, 0.29) is 5.56 Å². The minimum Gasteiger partial charge on any atom is -0.320 e. The highest BCUT2D eigenvalue weighted by Gasteiger charge is 2.35. The number of hydrogen-bond donors (Lipinski definition) is 1. The fraction of sp³-hybridized carbons (Fsp3) is 0.333. The molecule has 1 aliphatic carbocycles. The first-order valence-electron chi connectivity index (χ1n) is 6.50. The summed E-state index contributed by atoms with van der Waals surface area (Å²) in [6.45, 7) is 0. The number of hydrogen-bond acceptors (Lipinski definition) is 2. The van der Waals surface area contributed by atoms with Gasteiger partial charge in [-0.2, -0.15) is 13.2 Å². The molecule has 1 aromatic heterocycles. The van der Waals surface area contributed by atoms with Crippen LogP contribution in [0.2, 0.25) is 0 Å². The second-order valence-electron chi connectivity index (χ2n) is 5.01. The van der Waals surface area contributed by atoms with Crippen LogP contribution >= 0.6 is 11.3 Å². The Morgan fingerprint density at radius 2 is 1.90 bits per heavy atom. The molecule has 2 aromatic rings. The van der Waals surface area contributed by atoms with Gasteiger partial charge in [0.1, 0.15) is 0 Å². The van der Waals surface area contributed by atoms with Gasteiger partial charge in [0.05, 0.1) is 11.6 Å². The number of aryl methyl sites for hydroxylation is 2. The van der Waals surface area contributed by atoms with E-state index in [0.29, 0.717) is 0 Å². The monoisotopic (exact) mass is 297 g/mol. The zero-order chi connectivity index (χ0) is 14.3. The Balaban J connectivity index is 2.00. The molecule has 0 saturated carbocycles. The van der Waals surface area contributed by atoms with Crippen LogP contribution in [0.15, 0.2) is 30.3 Å². The third-order valence-electron chi connectivity index (χ3n) is 3.67. The van der Waals surface area contributed by atoms with Gasteiger partial charge in [-0.1, -0.05) is 18.2 Å². The smallest absolute Gasteiger partial charge is 0.320 e. The molecular formula is C15H14F3NS. The second kappa shape index (κ2) is 4.90. The predicted molar refractivity (Wildman–Crippen MR) is 73.8 cm³/mol. The molecule has 0 radical (unpaired) electrons. The van der Waals surface area contributed by atoms with Crippen molar-refractivity contribution in [3.05, 3.63) is 56.8 Å². The minimum absolute atomic E-state index is 0.153. The maximum Gasteiger partial charge on any atom is 0.416 e. The first-order chi connectivity index (χ1) is 9.47. The van der Waals surface area contributed by atoms with Gasteiger partial charge in [-0.15, -0.1) is 11.3 Å². The van der Waals surface area contributed by atoms with Crippen LogP contribution < -0.4 is 5.73 Å². The van der Waals surface area contributed by atoms with E-state index >= 15 is 0 Å². The van der Waals surface area contributed by atoms with Crippen molar-refractivity contribution in [2.75, 3.05) is 0 Å². The van der Waals surface area contributed by atoms with Gasteiger partial charge in [-0.3, -0.25) is 0 Å². The van der Waals surface area contributed by atoms with Crippen LogP contribution in [0.1, 0.15) is 38.9 Å². The summed E-state index contributed by atoms with van der Waals surface area (Å²) in [5.41, 5.74) is 6.85. The fourth-order valence-corrected chi connectivity index (χ4v) is 3.96. The van der Waals surface area contributed by atoms with Crippen molar-refractivity contribution in [3.63, 3.8) is 0 Å². The molecule has 0 amide bonds. The molecule has 106 valence electrons. The first-order valence-corrected chi connectivity index (χ1v) is 7.31. The van der Waals surface area contributed by atoms with Gasteiger partial charge in [-0.05, 0) is 42.5 Å². The van der Waals surface area contributed by atoms with Crippen LogP contribution in [0.25, 0.3) is 0 Å². The summed E-state index contributed by atoms with van der Waals surface area (Å²) in [6, 6.07) is 6.84. The van der Waals surface area contributed by atoms with Crippen molar-refractivity contribution in [1.29, 1.82) is 0 Å². The van der Waals surface area contributed by atoms with Crippen molar-refractivity contribution >= 4 is 11.3 Å². The molecule has 0 aliphatic heterocycles. The van der Waals surface area contributed by atoms with Crippen LogP contribution in [0.4, 0.5) is 13.2 Å². The van der Waals surface area contributed by atoms with Crippen molar-refractivity contribution in [1.82, 2.24) is 0 Å². The van der Waals surface area contributed by atoms with Crippen LogP contribution in [-0.4, -0.2) is 0 Å². The fourth-order valence-electron chi connectivity index (χ4n) is 2.68.